The Balaban J connectivity index is 1.75. The molecule has 136 valence electrons. The lowest BCUT2D eigenvalue weighted by atomic mass is 9.68. The average Bonchev–Trinajstić information content (AvgIpc) is 2.67. The van der Waals surface area contributed by atoms with Gasteiger partial charge in [-0.2, -0.15) is 0 Å². The van der Waals surface area contributed by atoms with Crippen molar-refractivity contribution >= 4 is 17.5 Å². The molecule has 2 nitrogen and oxygen atoms in total. The number of fused-ring (bicyclic) bond motifs is 1. The molecule has 1 amide bonds. The first-order valence-electron chi connectivity index (χ1n) is 9.39. The highest BCUT2D eigenvalue weighted by atomic mass is 35.5. The number of alkyl halides is 1. The Bertz CT molecular complexity index is 796. The van der Waals surface area contributed by atoms with Gasteiger partial charge in [0.25, 0.3) is 5.91 Å². The first-order valence-corrected chi connectivity index (χ1v) is 9.77. The van der Waals surface area contributed by atoms with Crippen LogP contribution in [0.5, 0.6) is 0 Å². The second-order valence-corrected chi connectivity index (χ2v) is 8.22. The zero-order valence-electron chi connectivity index (χ0n) is 14.7. The molecule has 0 aromatic heterocycles. The van der Waals surface area contributed by atoms with Crippen LogP contribution >= 0.6 is 11.6 Å². The number of hydrogen-bond acceptors (Lipinski definition) is 1. The maximum Gasteiger partial charge on any atom is 0.257 e. The number of nitrogens with zero attached hydrogens (tertiary/aromatic N) is 1. The third-order valence-corrected chi connectivity index (χ3v) is 6.67. The van der Waals surface area contributed by atoms with E-state index < -0.39 is 5.82 Å². The van der Waals surface area contributed by atoms with Crippen molar-refractivity contribution in [1.29, 1.82) is 0 Å². The molecule has 1 aliphatic heterocycles. The van der Waals surface area contributed by atoms with Crippen LogP contribution in [0.15, 0.2) is 54.6 Å². The Kier molecular flexibility index (Phi) is 4.74. The number of benzene rings is 2. The SMILES string of the molecule is O=C(c1ccccc1F)N1CCC2(Cl)CCCCC2C1c1ccccc1. The molecule has 0 bridgehead atoms. The standard InChI is InChI=1S/C22H23ClFNO/c23-22-13-7-6-11-18(22)20(16-8-2-1-3-9-16)25(15-14-22)21(26)17-10-4-5-12-19(17)24/h1-5,8-10,12,18,20H,6-7,11,13-15H2. The molecule has 2 aromatic carbocycles. The second kappa shape index (κ2) is 7.03. The minimum absolute atomic E-state index is 0.102. The van der Waals surface area contributed by atoms with E-state index in [2.05, 4.69) is 12.1 Å². The highest BCUT2D eigenvalue weighted by Crippen LogP contribution is 2.52. The first-order chi connectivity index (χ1) is 12.6. The third kappa shape index (κ3) is 3.03. The lowest BCUT2D eigenvalue weighted by Crippen LogP contribution is -2.53. The lowest BCUT2D eigenvalue weighted by molar-refractivity contribution is 0.0276. The van der Waals surface area contributed by atoms with Crippen molar-refractivity contribution in [2.24, 2.45) is 5.92 Å². The molecule has 2 aliphatic rings. The number of halogens is 2. The van der Waals surface area contributed by atoms with Crippen LogP contribution in [0.1, 0.15) is 54.1 Å². The first kappa shape index (κ1) is 17.5. The van der Waals surface area contributed by atoms with E-state index >= 15 is 0 Å². The second-order valence-electron chi connectivity index (χ2n) is 7.47. The summed E-state index contributed by atoms with van der Waals surface area (Å²) in [7, 11) is 0. The highest BCUT2D eigenvalue weighted by Gasteiger charge is 2.50. The van der Waals surface area contributed by atoms with Crippen LogP contribution in [0.4, 0.5) is 4.39 Å². The molecular weight excluding hydrogens is 349 g/mol. The Morgan fingerprint density at radius 3 is 2.54 bits per heavy atom. The molecule has 1 saturated carbocycles. The minimum Gasteiger partial charge on any atom is -0.331 e. The number of carbonyl (C=O) groups is 1. The molecule has 2 fully saturated rings. The van der Waals surface area contributed by atoms with Crippen LogP contribution in [0.25, 0.3) is 0 Å². The molecular formula is C22H23ClFNO. The van der Waals surface area contributed by atoms with Crippen molar-refractivity contribution in [3.63, 3.8) is 0 Å². The average molecular weight is 372 g/mol. The van der Waals surface area contributed by atoms with E-state index in [9.17, 15) is 9.18 Å². The molecule has 0 radical (unpaired) electrons. The number of hydrogen-bond donors (Lipinski definition) is 0. The molecule has 4 rings (SSSR count). The summed E-state index contributed by atoms with van der Waals surface area (Å²) in [4.78, 5) is 14.8. The quantitative estimate of drug-likeness (QED) is 0.631. The minimum atomic E-state index is -0.462. The van der Waals surface area contributed by atoms with Crippen molar-refractivity contribution in [2.75, 3.05) is 6.54 Å². The summed E-state index contributed by atoms with van der Waals surface area (Å²) in [6.07, 6.45) is 5.03. The molecule has 3 unspecified atom stereocenters. The van der Waals surface area contributed by atoms with E-state index in [1.54, 1.807) is 18.2 Å². The zero-order valence-corrected chi connectivity index (χ0v) is 15.5. The number of likely N-dealkylation sites (tertiary alicyclic amines) is 1. The zero-order chi connectivity index (χ0) is 18.1. The number of carbonyl (C=O) groups excluding carboxylic acids is 1. The fourth-order valence-corrected chi connectivity index (χ4v) is 5.17. The normalized spacial score (nSPS) is 28.5. The van der Waals surface area contributed by atoms with E-state index in [-0.39, 0.29) is 28.3 Å². The van der Waals surface area contributed by atoms with Gasteiger partial charge in [-0.1, -0.05) is 55.3 Å². The Labute approximate surface area is 159 Å². The topological polar surface area (TPSA) is 20.3 Å². The summed E-state index contributed by atoms with van der Waals surface area (Å²) in [6, 6.07) is 16.2. The maximum absolute atomic E-state index is 14.3. The van der Waals surface area contributed by atoms with Gasteiger partial charge in [0.1, 0.15) is 5.82 Å². The highest BCUT2D eigenvalue weighted by molar-refractivity contribution is 6.24. The van der Waals surface area contributed by atoms with Gasteiger partial charge in [-0.15, -0.1) is 11.6 Å². The molecule has 1 heterocycles. The van der Waals surface area contributed by atoms with Gasteiger partial charge in [-0.05, 0) is 37.0 Å². The Hall–Kier alpha value is -1.87. The van der Waals surface area contributed by atoms with Gasteiger partial charge in [0.15, 0.2) is 0 Å². The van der Waals surface area contributed by atoms with Gasteiger partial charge in [-0.25, -0.2) is 4.39 Å². The van der Waals surface area contributed by atoms with Gasteiger partial charge in [0.05, 0.1) is 16.5 Å². The van der Waals surface area contributed by atoms with E-state index in [1.165, 1.54) is 6.07 Å². The fourth-order valence-electron chi connectivity index (χ4n) is 4.72. The Morgan fingerprint density at radius 2 is 1.77 bits per heavy atom. The molecule has 26 heavy (non-hydrogen) atoms. The maximum atomic E-state index is 14.3. The van der Waals surface area contributed by atoms with Crippen LogP contribution in [0.2, 0.25) is 0 Å². The van der Waals surface area contributed by atoms with E-state index in [1.807, 2.05) is 23.1 Å². The summed E-state index contributed by atoms with van der Waals surface area (Å²) >= 11 is 7.06. The van der Waals surface area contributed by atoms with Gasteiger partial charge >= 0.3 is 0 Å². The summed E-state index contributed by atoms with van der Waals surface area (Å²) < 4.78 is 14.3. The van der Waals surface area contributed by atoms with E-state index in [4.69, 9.17) is 11.6 Å². The largest absolute Gasteiger partial charge is 0.331 e. The van der Waals surface area contributed by atoms with Gasteiger partial charge < -0.3 is 4.90 Å². The smallest absolute Gasteiger partial charge is 0.257 e. The van der Waals surface area contributed by atoms with Crippen molar-refractivity contribution in [1.82, 2.24) is 4.90 Å². The lowest BCUT2D eigenvalue weighted by Gasteiger charge is -2.52. The number of piperidine rings is 1. The van der Waals surface area contributed by atoms with Crippen LogP contribution in [-0.2, 0) is 0 Å². The summed E-state index contributed by atoms with van der Waals surface area (Å²) in [5.41, 5.74) is 1.24. The molecule has 3 atom stereocenters. The van der Waals surface area contributed by atoms with Crippen LogP contribution < -0.4 is 0 Å². The number of rotatable bonds is 2. The van der Waals surface area contributed by atoms with Crippen molar-refractivity contribution < 1.29 is 9.18 Å². The predicted octanol–water partition coefficient (Wildman–Crippen LogP) is 5.58. The predicted molar refractivity (Wildman–Crippen MR) is 102 cm³/mol. The van der Waals surface area contributed by atoms with Gasteiger partial charge in [-0.3, -0.25) is 4.79 Å². The molecule has 0 N–H and O–H groups in total. The fraction of sp³-hybridized carbons (Fsp3) is 0.409. The van der Waals surface area contributed by atoms with E-state index in [0.29, 0.717) is 6.54 Å². The number of amides is 1. The van der Waals surface area contributed by atoms with E-state index in [0.717, 1.165) is 37.7 Å². The van der Waals surface area contributed by atoms with Crippen LogP contribution in [0.3, 0.4) is 0 Å². The summed E-state index contributed by atoms with van der Waals surface area (Å²) in [5.74, 6) is -0.498. The Morgan fingerprint density at radius 1 is 1.04 bits per heavy atom. The van der Waals surface area contributed by atoms with Crippen LogP contribution in [-0.4, -0.2) is 22.2 Å². The third-order valence-electron chi connectivity index (χ3n) is 6.01. The molecule has 0 spiro atoms. The van der Waals surface area contributed by atoms with Crippen molar-refractivity contribution in [2.45, 2.75) is 43.0 Å². The summed E-state index contributed by atoms with van der Waals surface area (Å²) in [6.45, 7) is 0.562. The molecule has 4 heteroatoms. The van der Waals surface area contributed by atoms with Gasteiger partial charge in [0.2, 0.25) is 0 Å². The molecule has 1 saturated heterocycles. The monoisotopic (exact) mass is 371 g/mol. The molecule has 2 aromatic rings. The summed E-state index contributed by atoms with van der Waals surface area (Å²) in [5, 5.41) is 0. The van der Waals surface area contributed by atoms with Crippen LogP contribution in [0, 0.1) is 11.7 Å². The molecule has 1 aliphatic carbocycles. The van der Waals surface area contributed by atoms with Gasteiger partial charge in [0, 0.05) is 12.5 Å². The van der Waals surface area contributed by atoms with Crippen molar-refractivity contribution in [3.8, 4) is 0 Å². The van der Waals surface area contributed by atoms with Crippen molar-refractivity contribution in [3.05, 3.63) is 71.5 Å².